The van der Waals surface area contributed by atoms with Gasteiger partial charge < -0.3 is 4.57 Å². The van der Waals surface area contributed by atoms with Crippen molar-refractivity contribution in [1.29, 1.82) is 0 Å². The first-order chi connectivity index (χ1) is 21.8. The van der Waals surface area contributed by atoms with E-state index in [1.165, 1.54) is 27.4 Å². The Balaban J connectivity index is 1.20. The van der Waals surface area contributed by atoms with Gasteiger partial charge in [-0.15, -0.1) is 0 Å². The van der Waals surface area contributed by atoms with Crippen LogP contribution in [-0.4, -0.2) is 18.9 Å². The second-order valence-electron chi connectivity index (χ2n) is 11.5. The third-order valence-corrected chi connectivity index (χ3v) is 9.06. The molecule has 0 unspecified atom stereocenters. The first-order valence-electron chi connectivity index (χ1n) is 14.9. The van der Waals surface area contributed by atoms with E-state index >= 15 is 0 Å². The predicted octanol–water partition coefficient (Wildman–Crippen LogP) is 10.1. The smallest absolute Gasteiger partial charge is 0.147 e. The fraction of sp³-hybridized carbons (Fsp3) is 0. The number of aromatic nitrogens is 4. The molecule has 0 saturated heterocycles. The Hall–Kier alpha value is -6.00. The summed E-state index contributed by atoms with van der Waals surface area (Å²) in [4.78, 5) is 10.3. The lowest BCUT2D eigenvalue weighted by atomic mass is 10.0. The highest BCUT2D eigenvalue weighted by atomic mass is 15.0. The van der Waals surface area contributed by atoms with Crippen molar-refractivity contribution >= 4 is 71.2 Å². The minimum absolute atomic E-state index is 0.936. The number of hydrogen-bond donors (Lipinski definition) is 0. The van der Waals surface area contributed by atoms with Gasteiger partial charge in [0, 0.05) is 32.6 Å². The van der Waals surface area contributed by atoms with Gasteiger partial charge in [0.1, 0.15) is 5.65 Å². The number of para-hydroxylation sites is 5. The van der Waals surface area contributed by atoms with E-state index in [4.69, 9.17) is 9.97 Å². The van der Waals surface area contributed by atoms with Crippen LogP contribution in [0, 0.1) is 0 Å². The normalized spacial score (nSPS) is 12.1. The van der Waals surface area contributed by atoms with Crippen molar-refractivity contribution in [2.24, 2.45) is 0 Å². The predicted molar refractivity (Wildman–Crippen MR) is 183 cm³/mol. The molecule has 10 rings (SSSR count). The van der Waals surface area contributed by atoms with Crippen molar-refractivity contribution in [1.82, 2.24) is 18.9 Å². The summed E-state index contributed by atoms with van der Waals surface area (Å²) in [7, 11) is 0. The molecule has 0 spiro atoms. The molecule has 4 aromatic heterocycles. The maximum absolute atomic E-state index is 5.16. The van der Waals surface area contributed by atoms with Crippen molar-refractivity contribution in [3.8, 4) is 16.8 Å². The topological polar surface area (TPSA) is 35.1 Å². The van der Waals surface area contributed by atoms with E-state index in [9.17, 15) is 0 Å². The Kier molecular flexibility index (Phi) is 4.69. The molecule has 4 nitrogen and oxygen atoms in total. The van der Waals surface area contributed by atoms with Gasteiger partial charge in [0.05, 0.1) is 38.6 Å². The van der Waals surface area contributed by atoms with Crippen LogP contribution in [0.3, 0.4) is 0 Å². The number of nitrogens with zero attached hydrogens (tertiary/aromatic N) is 4. The molecule has 4 heteroatoms. The summed E-state index contributed by atoms with van der Waals surface area (Å²) in [5, 5.41) is 5.84. The van der Waals surface area contributed by atoms with Gasteiger partial charge in [0.15, 0.2) is 0 Å². The van der Waals surface area contributed by atoms with Crippen LogP contribution in [0.2, 0.25) is 0 Å². The van der Waals surface area contributed by atoms with E-state index in [1.807, 2.05) is 6.07 Å². The average Bonchev–Trinajstić information content (AvgIpc) is 3.64. The van der Waals surface area contributed by atoms with Crippen molar-refractivity contribution in [3.63, 3.8) is 0 Å². The third-order valence-electron chi connectivity index (χ3n) is 9.06. The summed E-state index contributed by atoms with van der Waals surface area (Å²) in [6.07, 6.45) is 0. The molecule has 0 aliphatic carbocycles. The van der Waals surface area contributed by atoms with Crippen LogP contribution in [0.4, 0.5) is 0 Å². The van der Waals surface area contributed by atoms with Gasteiger partial charge >= 0.3 is 0 Å². The monoisotopic (exact) mass is 560 g/mol. The minimum atomic E-state index is 0.936. The molecule has 0 N–H and O–H groups in total. The quantitative estimate of drug-likeness (QED) is 0.156. The lowest BCUT2D eigenvalue weighted by Gasteiger charge is -2.12. The van der Waals surface area contributed by atoms with Crippen molar-refractivity contribution in [3.05, 3.63) is 146 Å². The van der Waals surface area contributed by atoms with Crippen LogP contribution >= 0.6 is 0 Å². The second-order valence-corrected chi connectivity index (χ2v) is 11.5. The van der Waals surface area contributed by atoms with E-state index in [0.717, 1.165) is 60.6 Å². The molecular formula is C40H24N4. The average molecular weight is 561 g/mol. The lowest BCUT2D eigenvalue weighted by molar-refractivity contribution is 1.18. The van der Waals surface area contributed by atoms with E-state index in [-0.39, 0.29) is 0 Å². The molecule has 0 aliphatic rings. The standard InChI is InChI=1S/C40H24N4/c1-4-12-33-27(9-1)23-32-39(41-33)31-22-19-26(24-38(31)44-37-16-8-5-13-34(37)42-40(32)44)25-17-20-28(21-18-25)43-35-14-6-2-10-29(35)30-11-3-7-15-36(30)43/h1-24H. The Bertz CT molecular complexity index is 2710. The zero-order valence-electron chi connectivity index (χ0n) is 23.6. The van der Waals surface area contributed by atoms with Gasteiger partial charge in [-0.1, -0.05) is 91.0 Å². The molecule has 0 aliphatic heterocycles. The van der Waals surface area contributed by atoms with Crippen LogP contribution in [0.15, 0.2) is 146 Å². The van der Waals surface area contributed by atoms with E-state index < -0.39 is 0 Å². The van der Waals surface area contributed by atoms with E-state index in [1.54, 1.807) is 0 Å². The van der Waals surface area contributed by atoms with Gasteiger partial charge in [-0.3, -0.25) is 4.40 Å². The summed E-state index contributed by atoms with van der Waals surface area (Å²) in [6, 6.07) is 51.9. The molecule has 4 heterocycles. The van der Waals surface area contributed by atoms with Gasteiger partial charge in [0.2, 0.25) is 0 Å². The number of pyridine rings is 2. The zero-order chi connectivity index (χ0) is 28.8. The number of benzene rings is 6. The highest BCUT2D eigenvalue weighted by Crippen LogP contribution is 2.36. The van der Waals surface area contributed by atoms with Gasteiger partial charge in [-0.25, -0.2) is 9.97 Å². The summed E-state index contributed by atoms with van der Waals surface area (Å²) in [5.74, 6) is 0. The fourth-order valence-electron chi connectivity index (χ4n) is 7.04. The largest absolute Gasteiger partial charge is 0.309 e. The Morgan fingerprint density at radius 3 is 1.82 bits per heavy atom. The molecular weight excluding hydrogens is 536 g/mol. The Morgan fingerprint density at radius 2 is 1.05 bits per heavy atom. The summed E-state index contributed by atoms with van der Waals surface area (Å²) >= 11 is 0. The number of hydrogen-bond acceptors (Lipinski definition) is 2. The highest BCUT2D eigenvalue weighted by Gasteiger charge is 2.17. The van der Waals surface area contributed by atoms with Crippen molar-refractivity contribution in [2.75, 3.05) is 0 Å². The van der Waals surface area contributed by atoms with Crippen molar-refractivity contribution in [2.45, 2.75) is 0 Å². The maximum Gasteiger partial charge on any atom is 0.147 e. The van der Waals surface area contributed by atoms with Crippen LogP contribution in [0.25, 0.3) is 88.0 Å². The molecule has 44 heavy (non-hydrogen) atoms. The van der Waals surface area contributed by atoms with Crippen LogP contribution in [-0.2, 0) is 0 Å². The molecule has 0 bridgehead atoms. The van der Waals surface area contributed by atoms with Crippen LogP contribution < -0.4 is 0 Å². The maximum atomic E-state index is 5.16. The fourth-order valence-corrected chi connectivity index (χ4v) is 7.04. The number of fused-ring (bicyclic) bond motifs is 12. The summed E-state index contributed by atoms with van der Waals surface area (Å²) < 4.78 is 4.66. The number of rotatable bonds is 2. The minimum Gasteiger partial charge on any atom is -0.309 e. The third kappa shape index (κ3) is 3.22. The molecule has 6 aromatic carbocycles. The Morgan fingerprint density at radius 1 is 0.409 bits per heavy atom. The summed E-state index contributed by atoms with van der Waals surface area (Å²) in [6.45, 7) is 0. The first-order valence-corrected chi connectivity index (χ1v) is 14.9. The van der Waals surface area contributed by atoms with Crippen molar-refractivity contribution < 1.29 is 0 Å². The van der Waals surface area contributed by atoms with Gasteiger partial charge in [0.25, 0.3) is 0 Å². The number of imidazole rings is 1. The molecule has 0 fully saturated rings. The zero-order valence-corrected chi connectivity index (χ0v) is 23.6. The molecule has 0 saturated carbocycles. The molecule has 204 valence electrons. The molecule has 10 aromatic rings. The molecule has 0 atom stereocenters. The van der Waals surface area contributed by atoms with Crippen LogP contribution in [0.1, 0.15) is 0 Å². The summed E-state index contributed by atoms with van der Waals surface area (Å²) in [5.41, 5.74) is 12.0. The van der Waals surface area contributed by atoms with Gasteiger partial charge in [-0.2, -0.15) is 0 Å². The Labute approximate surface area is 252 Å². The molecule has 0 amide bonds. The van der Waals surface area contributed by atoms with E-state index in [2.05, 4.69) is 148 Å². The first kappa shape index (κ1) is 23.6. The molecule has 0 radical (unpaired) electrons. The van der Waals surface area contributed by atoms with E-state index in [0.29, 0.717) is 0 Å². The second kappa shape index (κ2) is 8.76. The van der Waals surface area contributed by atoms with Crippen LogP contribution in [0.5, 0.6) is 0 Å². The highest BCUT2D eigenvalue weighted by molar-refractivity contribution is 6.15. The lowest BCUT2D eigenvalue weighted by Crippen LogP contribution is -1.95. The van der Waals surface area contributed by atoms with Gasteiger partial charge in [-0.05, 0) is 65.7 Å². The SMILES string of the molecule is c1ccc2nc3c4ccc(-c5ccc(-n6c7ccccc7c7ccccc76)cc5)cc4n4c5ccccc5nc4c3cc2c1.